The molecule has 2 rings (SSSR count). The number of halogens is 1. The van der Waals surface area contributed by atoms with Gasteiger partial charge in [-0.1, -0.05) is 24.3 Å². The first-order valence-corrected chi connectivity index (χ1v) is 6.84. The Kier molecular flexibility index (Phi) is 5.32. The Bertz CT molecular complexity index is 596. The number of hydrogen-bond acceptors (Lipinski definition) is 2. The van der Waals surface area contributed by atoms with Gasteiger partial charge in [-0.25, -0.2) is 4.39 Å². The van der Waals surface area contributed by atoms with E-state index in [-0.39, 0.29) is 18.1 Å². The van der Waals surface area contributed by atoms with Crippen molar-refractivity contribution in [1.82, 2.24) is 5.32 Å². The lowest BCUT2D eigenvalue weighted by Crippen LogP contribution is -2.24. The minimum absolute atomic E-state index is 0.0908. The lowest BCUT2D eigenvalue weighted by molar-refractivity contribution is -0.121. The highest BCUT2D eigenvalue weighted by Crippen LogP contribution is 2.12. The van der Waals surface area contributed by atoms with Crippen molar-refractivity contribution < 1.29 is 13.9 Å². The predicted molar refractivity (Wildman–Crippen MR) is 79.5 cm³/mol. The van der Waals surface area contributed by atoms with E-state index in [2.05, 4.69) is 5.32 Å². The van der Waals surface area contributed by atoms with Gasteiger partial charge in [-0.2, -0.15) is 0 Å². The van der Waals surface area contributed by atoms with E-state index in [1.807, 2.05) is 31.2 Å². The van der Waals surface area contributed by atoms with E-state index < -0.39 is 0 Å². The quantitative estimate of drug-likeness (QED) is 0.886. The van der Waals surface area contributed by atoms with Gasteiger partial charge in [0.1, 0.15) is 11.6 Å². The van der Waals surface area contributed by atoms with Crippen molar-refractivity contribution in [3.05, 3.63) is 65.5 Å². The summed E-state index contributed by atoms with van der Waals surface area (Å²) in [5, 5.41) is 2.77. The van der Waals surface area contributed by atoms with Gasteiger partial charge in [0.05, 0.1) is 13.0 Å². The van der Waals surface area contributed by atoms with Crippen LogP contribution in [0.1, 0.15) is 17.5 Å². The van der Waals surface area contributed by atoms with Crippen LogP contribution in [0.3, 0.4) is 0 Å². The third-order valence-corrected chi connectivity index (χ3v) is 2.99. The second-order valence-electron chi connectivity index (χ2n) is 4.82. The summed E-state index contributed by atoms with van der Waals surface area (Å²) < 4.78 is 18.3. The first-order chi connectivity index (χ1) is 10.1. The van der Waals surface area contributed by atoms with Crippen molar-refractivity contribution in [2.24, 2.45) is 0 Å². The molecular weight excluding hydrogens is 269 g/mol. The lowest BCUT2D eigenvalue weighted by atomic mass is 10.2. The molecule has 0 atom stereocenters. The van der Waals surface area contributed by atoms with Crippen molar-refractivity contribution >= 4 is 5.91 Å². The van der Waals surface area contributed by atoms with Crippen molar-refractivity contribution in [2.45, 2.75) is 19.9 Å². The van der Waals surface area contributed by atoms with E-state index in [9.17, 15) is 9.18 Å². The molecule has 1 amide bonds. The average molecular weight is 287 g/mol. The second kappa shape index (κ2) is 7.43. The summed E-state index contributed by atoms with van der Waals surface area (Å²) in [7, 11) is 0. The molecule has 0 bridgehead atoms. The van der Waals surface area contributed by atoms with Crippen LogP contribution in [-0.2, 0) is 11.3 Å². The average Bonchev–Trinajstić information content (AvgIpc) is 2.47. The van der Waals surface area contributed by atoms with Gasteiger partial charge in [0.15, 0.2) is 0 Å². The number of nitrogens with one attached hydrogen (secondary N) is 1. The highest BCUT2D eigenvalue weighted by atomic mass is 19.1. The van der Waals surface area contributed by atoms with Gasteiger partial charge in [0.2, 0.25) is 5.91 Å². The molecule has 0 aromatic heterocycles. The fourth-order valence-electron chi connectivity index (χ4n) is 1.86. The number of benzene rings is 2. The molecule has 0 unspecified atom stereocenters. The van der Waals surface area contributed by atoms with E-state index in [1.165, 1.54) is 12.1 Å². The molecular formula is C17H18FNO2. The van der Waals surface area contributed by atoms with Crippen LogP contribution in [0.15, 0.2) is 48.5 Å². The summed E-state index contributed by atoms with van der Waals surface area (Å²) in [6.07, 6.45) is 0.287. The molecule has 4 heteroatoms. The number of hydrogen-bond donors (Lipinski definition) is 1. The van der Waals surface area contributed by atoms with Crippen molar-refractivity contribution in [3.63, 3.8) is 0 Å². The number of aryl methyl sites for hydroxylation is 1. The molecule has 0 aliphatic carbocycles. The van der Waals surface area contributed by atoms with Gasteiger partial charge < -0.3 is 10.1 Å². The zero-order chi connectivity index (χ0) is 15.1. The molecule has 3 nitrogen and oxygen atoms in total. The fourth-order valence-corrected chi connectivity index (χ4v) is 1.86. The highest BCUT2D eigenvalue weighted by molar-refractivity contribution is 5.75. The van der Waals surface area contributed by atoms with Crippen LogP contribution in [-0.4, -0.2) is 12.5 Å². The van der Waals surface area contributed by atoms with Gasteiger partial charge in [0, 0.05) is 6.54 Å². The molecule has 0 radical (unpaired) electrons. The Balaban J connectivity index is 1.69. The number of ether oxygens (including phenoxy) is 1. The molecule has 110 valence electrons. The van der Waals surface area contributed by atoms with Crippen LogP contribution < -0.4 is 10.1 Å². The van der Waals surface area contributed by atoms with Crippen molar-refractivity contribution in [3.8, 4) is 5.75 Å². The van der Waals surface area contributed by atoms with Gasteiger partial charge in [-0.15, -0.1) is 0 Å². The number of amides is 1. The maximum atomic E-state index is 12.7. The summed E-state index contributed by atoms with van der Waals surface area (Å²) in [5.41, 5.74) is 1.98. The Hall–Kier alpha value is -2.36. The lowest BCUT2D eigenvalue weighted by Gasteiger charge is -2.08. The summed E-state index contributed by atoms with van der Waals surface area (Å²) in [5.74, 6) is 0.393. The maximum Gasteiger partial charge on any atom is 0.223 e. The minimum Gasteiger partial charge on any atom is -0.493 e. The predicted octanol–water partition coefficient (Wildman–Crippen LogP) is 3.22. The molecule has 0 heterocycles. The third kappa shape index (κ3) is 5.26. The van der Waals surface area contributed by atoms with E-state index in [1.54, 1.807) is 12.1 Å². The number of rotatable bonds is 6. The topological polar surface area (TPSA) is 38.3 Å². The van der Waals surface area contributed by atoms with E-state index >= 15 is 0 Å². The first-order valence-electron chi connectivity index (χ1n) is 6.84. The summed E-state index contributed by atoms with van der Waals surface area (Å²) in [6, 6.07) is 13.8. The molecule has 21 heavy (non-hydrogen) atoms. The van der Waals surface area contributed by atoms with E-state index in [0.29, 0.717) is 13.2 Å². The Labute approximate surface area is 123 Å². The standard InChI is InChI=1S/C17H18FNO2/c1-13-3-2-4-16(11-13)21-10-9-17(20)19-12-14-5-7-15(18)8-6-14/h2-8,11H,9-10,12H2,1H3,(H,19,20). The van der Waals surface area contributed by atoms with Crippen LogP contribution in [0.2, 0.25) is 0 Å². The Morgan fingerprint density at radius 2 is 1.95 bits per heavy atom. The van der Waals surface area contributed by atoms with Gasteiger partial charge in [-0.3, -0.25) is 4.79 Å². The molecule has 2 aromatic rings. The molecule has 0 aliphatic heterocycles. The van der Waals surface area contributed by atoms with Gasteiger partial charge in [-0.05, 0) is 42.3 Å². The molecule has 0 aliphatic rings. The van der Waals surface area contributed by atoms with Crippen molar-refractivity contribution in [1.29, 1.82) is 0 Å². The van der Waals surface area contributed by atoms with Gasteiger partial charge >= 0.3 is 0 Å². The summed E-state index contributed by atoms with van der Waals surface area (Å²) >= 11 is 0. The number of carbonyl (C=O) groups is 1. The SMILES string of the molecule is Cc1cccc(OCCC(=O)NCc2ccc(F)cc2)c1. The fraction of sp³-hybridized carbons (Fsp3) is 0.235. The van der Waals surface area contributed by atoms with E-state index in [4.69, 9.17) is 4.74 Å². The molecule has 0 saturated heterocycles. The van der Waals surface area contributed by atoms with Gasteiger partial charge in [0.25, 0.3) is 0 Å². The minimum atomic E-state index is -0.281. The molecule has 1 N–H and O–H groups in total. The second-order valence-corrected chi connectivity index (χ2v) is 4.82. The maximum absolute atomic E-state index is 12.7. The summed E-state index contributed by atoms with van der Waals surface area (Å²) in [6.45, 7) is 2.71. The van der Waals surface area contributed by atoms with Crippen LogP contribution in [0.4, 0.5) is 4.39 Å². The monoisotopic (exact) mass is 287 g/mol. The normalized spacial score (nSPS) is 10.2. The van der Waals surface area contributed by atoms with Crippen LogP contribution in [0.5, 0.6) is 5.75 Å². The zero-order valence-electron chi connectivity index (χ0n) is 11.9. The Morgan fingerprint density at radius 1 is 1.19 bits per heavy atom. The largest absolute Gasteiger partial charge is 0.493 e. The van der Waals surface area contributed by atoms with Crippen LogP contribution in [0, 0.1) is 12.7 Å². The molecule has 2 aromatic carbocycles. The van der Waals surface area contributed by atoms with E-state index in [0.717, 1.165) is 16.9 Å². The molecule has 0 fully saturated rings. The molecule has 0 saturated carbocycles. The first kappa shape index (κ1) is 15.0. The van der Waals surface area contributed by atoms with Crippen LogP contribution >= 0.6 is 0 Å². The third-order valence-electron chi connectivity index (χ3n) is 2.99. The molecule has 0 spiro atoms. The summed E-state index contributed by atoms with van der Waals surface area (Å²) in [4.78, 5) is 11.7. The highest BCUT2D eigenvalue weighted by Gasteiger charge is 2.02. The van der Waals surface area contributed by atoms with Crippen molar-refractivity contribution in [2.75, 3.05) is 6.61 Å². The zero-order valence-corrected chi connectivity index (χ0v) is 11.9. The Morgan fingerprint density at radius 3 is 2.67 bits per heavy atom. The van der Waals surface area contributed by atoms with Crippen LogP contribution in [0.25, 0.3) is 0 Å². The smallest absolute Gasteiger partial charge is 0.223 e. The number of carbonyl (C=O) groups excluding carboxylic acids is 1.